The molecule has 2 aromatic carbocycles. The van der Waals surface area contributed by atoms with E-state index in [0.717, 1.165) is 28.0 Å². The first kappa shape index (κ1) is 43.7. The zero-order chi connectivity index (χ0) is 41.3. The number of amidine groups is 1. The quantitative estimate of drug-likeness (QED) is 0.174. The standard InChI is InChI=1S/C20H24N4O4S.C19H26N2O2.CO2/c1-12-8-15(9-13(2)22-12)19(25)23-20(3,4)11-28-16-7-5-6-14-10-29(26,27)24-18(21)17(14)16;1-12(2)9-17(22)19(4,5)11-23-16-8-6-7-15-18(16)14(20)10-13(3)21-15;2-1-3/h5-9H,10-11H2,1-4H3,(H2,21,24)(H,23,25);6-8,10,12H,9,11H2,1-5H3,(H2,20,21);. The number of nitrogens with one attached hydrogen (secondary N) is 1. The van der Waals surface area contributed by atoms with E-state index in [-0.39, 0.29) is 36.0 Å². The molecule has 14 nitrogen and oxygen atoms in total. The first-order chi connectivity index (χ1) is 25.6. The summed E-state index contributed by atoms with van der Waals surface area (Å²) < 4.78 is 39.0. The predicted octanol–water partition coefficient (Wildman–Crippen LogP) is 5.40. The van der Waals surface area contributed by atoms with E-state index in [2.05, 4.69) is 19.7 Å². The van der Waals surface area contributed by atoms with Crippen molar-refractivity contribution in [1.29, 1.82) is 0 Å². The van der Waals surface area contributed by atoms with Crippen molar-refractivity contribution < 1.29 is 37.1 Å². The molecule has 0 unspecified atom stereocenters. The van der Waals surface area contributed by atoms with Gasteiger partial charge in [0, 0.05) is 34.8 Å². The number of benzene rings is 2. The van der Waals surface area contributed by atoms with Crippen molar-refractivity contribution in [3.8, 4) is 11.5 Å². The molecule has 1 amide bonds. The normalized spacial score (nSPS) is 13.2. The van der Waals surface area contributed by atoms with Crippen molar-refractivity contribution in [2.75, 3.05) is 18.9 Å². The lowest BCUT2D eigenvalue weighted by atomic mass is 9.85. The van der Waals surface area contributed by atoms with Gasteiger partial charge in [0.1, 0.15) is 36.3 Å². The van der Waals surface area contributed by atoms with Gasteiger partial charge in [-0.2, -0.15) is 9.59 Å². The lowest BCUT2D eigenvalue weighted by molar-refractivity contribution is -0.191. The van der Waals surface area contributed by atoms with Crippen LogP contribution in [0.5, 0.6) is 11.5 Å². The van der Waals surface area contributed by atoms with Gasteiger partial charge in [-0.15, -0.1) is 4.40 Å². The Bertz CT molecular complexity index is 2210. The van der Waals surface area contributed by atoms with Crippen LogP contribution in [0.1, 0.15) is 86.5 Å². The summed E-state index contributed by atoms with van der Waals surface area (Å²) in [4.78, 5) is 50.0. The molecule has 1 aliphatic rings. The molecule has 3 heterocycles. The van der Waals surface area contributed by atoms with Crippen LogP contribution >= 0.6 is 0 Å². The van der Waals surface area contributed by atoms with E-state index in [0.29, 0.717) is 52.8 Å². The van der Waals surface area contributed by atoms with Gasteiger partial charge in [-0.05, 0) is 96.3 Å². The highest BCUT2D eigenvalue weighted by Crippen LogP contribution is 2.32. The number of hydrogen-bond acceptors (Lipinski definition) is 12. The summed E-state index contributed by atoms with van der Waals surface area (Å²) in [7, 11) is -3.61. The monoisotopic (exact) mass is 774 g/mol. The van der Waals surface area contributed by atoms with Crippen molar-refractivity contribution in [2.45, 2.75) is 80.0 Å². The number of carbonyl (C=O) groups excluding carboxylic acids is 4. The Balaban J connectivity index is 0.000000282. The third kappa shape index (κ3) is 12.4. The molecule has 4 aromatic rings. The topological polar surface area (TPSA) is 223 Å². The van der Waals surface area contributed by atoms with E-state index in [1.54, 1.807) is 30.3 Å². The number of Topliss-reactive ketones (excluding diaryl/α,β-unsaturated/α-hetero) is 1. The Morgan fingerprint density at radius 3 is 2.05 bits per heavy atom. The predicted molar refractivity (Wildman–Crippen MR) is 210 cm³/mol. The molecule has 0 radical (unpaired) electrons. The fourth-order valence-corrected chi connectivity index (χ4v) is 6.79. The minimum absolute atomic E-state index is 0.0913. The van der Waals surface area contributed by atoms with E-state index in [4.69, 9.17) is 30.5 Å². The number of aromatic nitrogens is 2. The molecule has 0 aliphatic carbocycles. The molecule has 5 rings (SSSR count). The van der Waals surface area contributed by atoms with E-state index in [1.165, 1.54) is 0 Å². The van der Waals surface area contributed by atoms with Gasteiger partial charge in [-0.25, -0.2) is 8.42 Å². The summed E-state index contributed by atoms with van der Waals surface area (Å²) in [6.07, 6.45) is 0.814. The first-order valence-electron chi connectivity index (χ1n) is 17.5. The van der Waals surface area contributed by atoms with Crippen LogP contribution in [0.3, 0.4) is 0 Å². The summed E-state index contributed by atoms with van der Waals surface area (Å²) in [5, 5.41) is 3.76. The number of anilines is 1. The van der Waals surface area contributed by atoms with Crippen molar-refractivity contribution in [2.24, 2.45) is 21.5 Å². The number of sulfonamides is 1. The molecular formula is C40H50N6O8S. The fraction of sp³-hybridized carbons (Fsp3) is 0.400. The van der Waals surface area contributed by atoms with Gasteiger partial charge in [0.2, 0.25) is 0 Å². The average Bonchev–Trinajstić information content (AvgIpc) is 3.05. The number of nitrogen functional groups attached to an aromatic ring is 1. The average molecular weight is 775 g/mol. The highest BCUT2D eigenvalue weighted by Gasteiger charge is 2.30. The second kappa shape index (κ2) is 18.1. The number of hydrogen-bond donors (Lipinski definition) is 3. The van der Waals surface area contributed by atoms with Crippen LogP contribution in [0.25, 0.3) is 10.9 Å². The number of aryl methyl sites for hydroxylation is 3. The van der Waals surface area contributed by atoms with E-state index in [9.17, 15) is 18.0 Å². The van der Waals surface area contributed by atoms with Gasteiger partial charge in [-0.3, -0.25) is 19.6 Å². The van der Waals surface area contributed by atoms with Crippen LogP contribution in [0.15, 0.2) is 59.0 Å². The molecule has 0 saturated heterocycles. The van der Waals surface area contributed by atoms with Crippen molar-refractivity contribution >= 4 is 50.3 Å². The van der Waals surface area contributed by atoms with Crippen molar-refractivity contribution in [1.82, 2.24) is 15.3 Å². The molecule has 55 heavy (non-hydrogen) atoms. The van der Waals surface area contributed by atoms with Crippen LogP contribution in [0.4, 0.5) is 5.69 Å². The zero-order valence-corrected chi connectivity index (χ0v) is 33.6. The van der Waals surface area contributed by atoms with Crippen LogP contribution in [0, 0.1) is 32.1 Å². The largest absolute Gasteiger partial charge is 0.492 e. The van der Waals surface area contributed by atoms with Gasteiger partial charge in [0.05, 0.1) is 33.2 Å². The minimum Gasteiger partial charge on any atom is -0.492 e. The number of fused-ring (bicyclic) bond motifs is 2. The van der Waals surface area contributed by atoms with Gasteiger partial charge in [0.25, 0.3) is 15.9 Å². The molecule has 0 bridgehead atoms. The highest BCUT2D eigenvalue weighted by atomic mass is 32.2. The maximum atomic E-state index is 12.6. The Hall–Kier alpha value is -5.66. The molecule has 0 saturated carbocycles. The maximum Gasteiger partial charge on any atom is 0.373 e. The Morgan fingerprint density at radius 1 is 0.873 bits per heavy atom. The zero-order valence-electron chi connectivity index (χ0n) is 32.8. The smallest absolute Gasteiger partial charge is 0.373 e. The first-order valence-corrected chi connectivity index (χ1v) is 19.1. The lowest BCUT2D eigenvalue weighted by Crippen LogP contribution is -2.48. The molecule has 1 aliphatic heterocycles. The molecule has 15 heteroatoms. The molecule has 2 aromatic heterocycles. The number of ether oxygens (including phenoxy) is 2. The number of carbonyl (C=O) groups is 2. The number of nitrogens with zero attached hydrogens (tertiary/aromatic N) is 3. The number of pyridine rings is 2. The second-order valence-corrected chi connectivity index (χ2v) is 16.7. The third-order valence-corrected chi connectivity index (χ3v) is 9.37. The maximum absolute atomic E-state index is 12.6. The Morgan fingerprint density at radius 2 is 1.44 bits per heavy atom. The minimum atomic E-state index is -3.61. The van der Waals surface area contributed by atoms with Crippen LogP contribution in [-0.2, 0) is 30.2 Å². The van der Waals surface area contributed by atoms with Crippen LogP contribution in [-0.4, -0.2) is 60.8 Å². The van der Waals surface area contributed by atoms with Gasteiger partial charge < -0.3 is 26.3 Å². The summed E-state index contributed by atoms with van der Waals surface area (Å²) >= 11 is 0. The number of amides is 1. The van der Waals surface area contributed by atoms with E-state index < -0.39 is 21.0 Å². The van der Waals surface area contributed by atoms with E-state index in [1.807, 2.05) is 86.6 Å². The molecule has 5 N–H and O–H groups in total. The lowest BCUT2D eigenvalue weighted by Gasteiger charge is -2.27. The van der Waals surface area contributed by atoms with Gasteiger partial charge in [0.15, 0.2) is 0 Å². The van der Waals surface area contributed by atoms with Gasteiger partial charge >= 0.3 is 6.15 Å². The fourth-order valence-electron chi connectivity index (χ4n) is 5.70. The molecule has 294 valence electrons. The van der Waals surface area contributed by atoms with Crippen molar-refractivity contribution in [3.05, 3.63) is 88.4 Å². The van der Waals surface area contributed by atoms with Crippen LogP contribution < -0.4 is 26.3 Å². The summed E-state index contributed by atoms with van der Waals surface area (Å²) in [6, 6.07) is 16.1. The SMILES string of the molecule is Cc1cc(C(=O)NC(C)(C)COc2cccc3c2C(N)=NS(=O)(=O)C3)cc(C)n1.Cc1cc(N)c2c(OCC(C)(C)C(=O)CC(C)C)cccc2n1.O=C=O. The molecular weight excluding hydrogens is 725 g/mol. The number of rotatable bonds is 11. The van der Waals surface area contributed by atoms with Gasteiger partial charge in [-0.1, -0.05) is 32.0 Å². The second-order valence-electron chi connectivity index (χ2n) is 15.0. The van der Waals surface area contributed by atoms with Crippen LogP contribution in [0.2, 0.25) is 0 Å². The summed E-state index contributed by atoms with van der Waals surface area (Å²) in [5.41, 5.74) is 16.2. The number of ketones is 1. The Labute approximate surface area is 322 Å². The third-order valence-electron chi connectivity index (χ3n) is 8.22. The summed E-state index contributed by atoms with van der Waals surface area (Å²) in [6.45, 7) is 17.7. The molecule has 0 fully saturated rings. The van der Waals surface area contributed by atoms with Crippen molar-refractivity contribution in [3.63, 3.8) is 0 Å². The highest BCUT2D eigenvalue weighted by molar-refractivity contribution is 7.89. The molecule has 0 atom stereocenters. The van der Waals surface area contributed by atoms with E-state index >= 15 is 0 Å². The molecule has 0 spiro atoms. The Kier molecular flexibility index (Phi) is 14.4. The number of nitrogens with two attached hydrogens (primary N) is 2. The summed E-state index contributed by atoms with van der Waals surface area (Å²) in [5.74, 6) is 1.13.